The fourth-order valence-electron chi connectivity index (χ4n) is 15.0. The van der Waals surface area contributed by atoms with E-state index in [1.165, 1.54) is 0 Å². The fraction of sp³-hybridized carbons (Fsp3) is 0.940. The van der Waals surface area contributed by atoms with Gasteiger partial charge in [-0.1, -0.05) is 19.9 Å². The van der Waals surface area contributed by atoms with Crippen LogP contribution in [-0.2, 0) is 52.2 Å². The van der Waals surface area contributed by atoms with Crippen LogP contribution in [0.25, 0.3) is 0 Å². The van der Waals surface area contributed by atoms with Crippen LogP contribution in [0, 0.1) is 28.1 Å². The lowest BCUT2D eigenvalue weighted by molar-refractivity contribution is -0.389. The first kappa shape index (κ1) is 60.8. The molecule has 28 nitrogen and oxygen atoms in total. The van der Waals surface area contributed by atoms with E-state index in [0.29, 0.717) is 63.4 Å². The van der Waals surface area contributed by atoms with Crippen molar-refractivity contribution in [2.24, 2.45) is 28.1 Å². The van der Waals surface area contributed by atoms with E-state index in [-0.39, 0.29) is 11.8 Å². The second kappa shape index (κ2) is 23.3. The Morgan fingerprint density at radius 3 is 1.41 bits per heavy atom. The molecule has 17 N–H and O–H groups in total. The molecule has 2 bridgehead atoms. The molecule has 0 radical (unpaired) electrons. The number of ether oxygens (including phenoxy) is 10. The van der Waals surface area contributed by atoms with E-state index in [9.17, 15) is 86.8 Å². The maximum absolute atomic E-state index is 15.2. The van der Waals surface area contributed by atoms with Gasteiger partial charge in [0.1, 0.15) is 116 Å². The molecule has 9 rings (SSSR count). The Kier molecular flexibility index (Phi) is 18.2. The van der Waals surface area contributed by atoms with Crippen LogP contribution in [0.5, 0.6) is 0 Å². The van der Waals surface area contributed by atoms with Gasteiger partial charge in [-0.05, 0) is 86.5 Å². The van der Waals surface area contributed by atoms with E-state index >= 15 is 4.79 Å². The Morgan fingerprint density at radius 1 is 0.487 bits per heavy atom. The summed E-state index contributed by atoms with van der Waals surface area (Å²) in [7, 11) is 0. The Balaban J connectivity index is 0.966. The summed E-state index contributed by atoms with van der Waals surface area (Å²) < 4.78 is 60.1. The zero-order chi connectivity index (χ0) is 56.7. The molecule has 0 unspecified atom stereocenters. The lowest BCUT2D eigenvalue weighted by Gasteiger charge is -2.64. The number of hydrogen-bond acceptors (Lipinski definition) is 28. The fourth-order valence-corrected chi connectivity index (χ4v) is 15.0. The van der Waals surface area contributed by atoms with E-state index in [1.54, 1.807) is 6.92 Å². The molecule has 78 heavy (non-hydrogen) atoms. The molecular weight excluding hydrogens is 1050 g/mol. The van der Waals surface area contributed by atoms with Crippen molar-refractivity contribution in [1.29, 1.82) is 0 Å². The second-order valence-electron chi connectivity index (χ2n) is 23.6. The number of rotatable bonds is 15. The largest absolute Gasteiger partial charge is 0.432 e. The third kappa shape index (κ3) is 10.3. The summed E-state index contributed by atoms with van der Waals surface area (Å²) in [5, 5.41) is 181. The normalized spacial score (nSPS) is 54.5. The molecule has 5 heterocycles. The number of aliphatic hydroxyl groups excluding tert-OH is 17. The van der Waals surface area contributed by atoms with Gasteiger partial charge in [-0.15, -0.1) is 0 Å². The molecule has 1 spiro atoms. The van der Waals surface area contributed by atoms with Gasteiger partial charge in [-0.3, -0.25) is 4.79 Å². The van der Waals surface area contributed by atoms with Crippen LogP contribution < -0.4 is 0 Å². The standard InChI is InChI=1S/C50H80O28/c1-18-11-49-9-5-24-47(2,25(49)6-10-50(18,17-49)78-45-39(34(64)29(59)22(15-54)73-45)75-42-36(66)32(62)27(57)20(13-52)70-42)7-4-8-48(24,3)46(68)77-44-40(76-43-37(67)33(63)28(58)21(14-53)71-43)38(30(60)23(16-55)72-44)74-41-35(65)31(61)26(56)19(12-51)69-41/h19-45,51-67H,1,4-17H2,2-3H3/t19-,20-,21-,22-,23-,24+,25+,26-,27-,28-,29-,30-,31+,32+,33+,34+,35-,36-,37-,38+,39-,40-,41+,42+,43+,44+,45+,47-,48-,49-,50+/m1/s1. The molecule has 9 aliphatic rings. The lowest BCUT2D eigenvalue weighted by atomic mass is 9.41. The predicted octanol–water partition coefficient (Wildman–Crippen LogP) is -7.29. The average molecular weight is 1130 g/mol. The van der Waals surface area contributed by atoms with Crippen molar-refractivity contribution >= 4 is 5.97 Å². The average Bonchev–Trinajstić information content (AvgIpc) is 3.28. The van der Waals surface area contributed by atoms with Crippen molar-refractivity contribution in [1.82, 2.24) is 0 Å². The van der Waals surface area contributed by atoms with Crippen LogP contribution in [0.2, 0.25) is 0 Å². The quantitative estimate of drug-likeness (QED) is 0.0411. The first-order valence-electron chi connectivity index (χ1n) is 26.9. The third-order valence-electron chi connectivity index (χ3n) is 19.2. The highest BCUT2D eigenvalue weighted by Gasteiger charge is 2.70. The zero-order valence-corrected chi connectivity index (χ0v) is 43.3. The Hall–Kier alpha value is -1.83. The summed E-state index contributed by atoms with van der Waals surface area (Å²) >= 11 is 0. The first-order chi connectivity index (χ1) is 36.9. The van der Waals surface area contributed by atoms with Crippen LogP contribution >= 0.6 is 0 Å². The minimum Gasteiger partial charge on any atom is -0.432 e. The molecule has 5 saturated heterocycles. The Bertz CT molecular complexity index is 2070. The Labute approximate surface area is 448 Å². The monoisotopic (exact) mass is 1130 g/mol. The lowest BCUT2D eigenvalue weighted by Crippen LogP contribution is -2.67. The first-order valence-corrected chi connectivity index (χ1v) is 26.9. The maximum atomic E-state index is 15.2. The summed E-state index contributed by atoms with van der Waals surface area (Å²) in [5.74, 6) is -1.22. The molecule has 0 aromatic heterocycles. The summed E-state index contributed by atoms with van der Waals surface area (Å²) in [6, 6.07) is 0. The predicted molar refractivity (Wildman–Crippen MR) is 252 cm³/mol. The van der Waals surface area contributed by atoms with Gasteiger partial charge in [0.2, 0.25) is 6.29 Å². The highest BCUT2D eigenvalue weighted by molar-refractivity contribution is 5.77. The molecule has 4 aliphatic carbocycles. The van der Waals surface area contributed by atoms with E-state index < -0.39 is 214 Å². The van der Waals surface area contributed by atoms with Crippen LogP contribution in [0.4, 0.5) is 0 Å². The van der Waals surface area contributed by atoms with E-state index in [1.807, 2.05) is 0 Å². The molecule has 9 fully saturated rings. The summed E-state index contributed by atoms with van der Waals surface area (Å²) in [4.78, 5) is 15.2. The van der Waals surface area contributed by atoms with Gasteiger partial charge in [0.05, 0.1) is 44.1 Å². The molecule has 31 atom stereocenters. The van der Waals surface area contributed by atoms with E-state index in [2.05, 4.69) is 13.5 Å². The van der Waals surface area contributed by atoms with Gasteiger partial charge in [0, 0.05) is 0 Å². The molecule has 28 heteroatoms. The summed E-state index contributed by atoms with van der Waals surface area (Å²) in [6.45, 7) is 4.24. The topological polar surface area (TPSA) is 453 Å². The number of aliphatic hydroxyl groups is 17. The molecular formula is C50H80O28. The van der Waals surface area contributed by atoms with Crippen molar-refractivity contribution in [2.75, 3.05) is 33.0 Å². The molecule has 0 aromatic carbocycles. The molecule has 0 aromatic rings. The van der Waals surface area contributed by atoms with Gasteiger partial charge < -0.3 is 134 Å². The number of hydrogen-bond donors (Lipinski definition) is 17. The van der Waals surface area contributed by atoms with Gasteiger partial charge in [0.15, 0.2) is 31.3 Å². The number of esters is 1. The van der Waals surface area contributed by atoms with E-state index in [4.69, 9.17) is 47.4 Å². The van der Waals surface area contributed by atoms with Crippen molar-refractivity contribution in [2.45, 2.75) is 231 Å². The van der Waals surface area contributed by atoms with Gasteiger partial charge in [0.25, 0.3) is 0 Å². The number of fused-ring (bicyclic) bond motifs is 3. The maximum Gasteiger partial charge on any atom is 0.314 e. The van der Waals surface area contributed by atoms with Crippen LogP contribution in [0.3, 0.4) is 0 Å². The SMILES string of the molecule is C=C1C[C@@]23CC[C@H]4[C@@](C)(CCC[C@@]4(C)C(=O)O[C@@H]4O[C@H](CO)[C@@H](O)[C@H](O[C@@H]5O[C@H](CO)[C@@H](O)[C@H](O)[C@H]5O)[C@H]4O[C@@H]4O[C@H](CO)[C@@H](O)[C@H](O)[C@H]4O)[C@@H]2CC[C@]1(O[C@@H]1O[C@H](CO)[C@@H](O)[C@H](O)[C@H]1O[C@@H]1O[C@H](CO)[C@@H](O)[C@H](O)[C@H]1O)C3. The number of carbonyl (C=O) groups is 1. The highest BCUT2D eigenvalue weighted by Crippen LogP contribution is 2.74. The molecule has 5 aliphatic heterocycles. The van der Waals surface area contributed by atoms with Crippen LogP contribution in [-0.4, -0.2) is 285 Å². The van der Waals surface area contributed by atoms with E-state index in [0.717, 1.165) is 0 Å². The summed E-state index contributed by atoms with van der Waals surface area (Å²) in [5.41, 5.74) is -2.71. The van der Waals surface area contributed by atoms with Gasteiger partial charge in [-0.25, -0.2) is 0 Å². The highest BCUT2D eigenvalue weighted by atomic mass is 16.8. The van der Waals surface area contributed by atoms with Crippen LogP contribution in [0.1, 0.15) is 71.6 Å². The summed E-state index contributed by atoms with van der Waals surface area (Å²) in [6.07, 6.45) is -40.0. The third-order valence-corrected chi connectivity index (χ3v) is 19.2. The minimum absolute atomic E-state index is 0.0587. The van der Waals surface area contributed by atoms with Crippen LogP contribution in [0.15, 0.2) is 12.2 Å². The molecule has 0 amide bonds. The number of carbonyl (C=O) groups excluding carboxylic acids is 1. The van der Waals surface area contributed by atoms with Crippen molar-refractivity contribution < 1.29 is 139 Å². The van der Waals surface area contributed by atoms with Gasteiger partial charge >= 0.3 is 5.97 Å². The Morgan fingerprint density at radius 2 is 0.910 bits per heavy atom. The smallest absolute Gasteiger partial charge is 0.314 e. The van der Waals surface area contributed by atoms with Crippen molar-refractivity contribution in [3.05, 3.63) is 12.2 Å². The van der Waals surface area contributed by atoms with Crippen molar-refractivity contribution in [3.8, 4) is 0 Å². The van der Waals surface area contributed by atoms with Crippen molar-refractivity contribution in [3.63, 3.8) is 0 Å². The molecule has 448 valence electrons. The zero-order valence-electron chi connectivity index (χ0n) is 43.3. The second-order valence-corrected chi connectivity index (χ2v) is 23.6. The minimum atomic E-state index is -2.05. The van der Waals surface area contributed by atoms with Gasteiger partial charge in [-0.2, -0.15) is 0 Å². The molecule has 4 saturated carbocycles.